The first-order valence-electron chi connectivity index (χ1n) is 2.94. The summed E-state index contributed by atoms with van der Waals surface area (Å²) in [5.41, 5.74) is 2.48. The molecule has 0 saturated heterocycles. The summed E-state index contributed by atoms with van der Waals surface area (Å²) < 4.78 is 0. The van der Waals surface area contributed by atoms with Crippen LogP contribution in [0.4, 0.5) is 0 Å². The average Bonchev–Trinajstić information content (AvgIpc) is 1.80. The van der Waals surface area contributed by atoms with E-state index in [4.69, 9.17) is 12.6 Å². The van der Waals surface area contributed by atoms with E-state index in [1.165, 1.54) is 11.1 Å². The summed E-state index contributed by atoms with van der Waals surface area (Å²) in [6.45, 7) is 4.11. The van der Waals surface area contributed by atoms with Gasteiger partial charge in [0.25, 0.3) is 0 Å². The van der Waals surface area contributed by atoms with Crippen molar-refractivity contribution in [2.45, 2.75) is 18.7 Å². The quantitative estimate of drug-likeness (QED) is 0.340. The number of benzene rings is 1. The van der Waals surface area contributed by atoms with Crippen molar-refractivity contribution in [1.29, 1.82) is 0 Å². The summed E-state index contributed by atoms with van der Waals surface area (Å²) >= 11 is 5.01. The number of rotatable bonds is 0. The molecule has 0 aliphatic heterocycles. The molecule has 0 radical (unpaired) electrons. The summed E-state index contributed by atoms with van der Waals surface area (Å²) in [6, 6.07) is 6.11. The van der Waals surface area contributed by atoms with Crippen molar-refractivity contribution in [1.82, 2.24) is 0 Å². The maximum Gasteiger partial charge on any atom is 1.00 e. The zero-order valence-electron chi connectivity index (χ0n) is 6.64. The summed E-state index contributed by atoms with van der Waals surface area (Å²) in [4.78, 5) is 0.959. The van der Waals surface area contributed by atoms with E-state index in [0.717, 1.165) is 4.90 Å². The van der Waals surface area contributed by atoms with E-state index in [9.17, 15) is 0 Å². The van der Waals surface area contributed by atoms with Crippen molar-refractivity contribution in [2.75, 3.05) is 0 Å². The summed E-state index contributed by atoms with van der Waals surface area (Å²) in [7, 11) is 0. The standard InChI is InChI=1S/C8H10S.Li/c1-6-3-4-8(9)7(2)5-6;/h3-5,9H,1-2H3;/q;+1/p-1. The summed E-state index contributed by atoms with van der Waals surface area (Å²) in [6.07, 6.45) is 0. The van der Waals surface area contributed by atoms with Crippen molar-refractivity contribution in [2.24, 2.45) is 0 Å². The third kappa shape index (κ3) is 2.34. The molecule has 0 fully saturated rings. The van der Waals surface area contributed by atoms with Crippen LogP contribution in [0.2, 0.25) is 0 Å². The average molecular weight is 144 g/mol. The molecule has 0 bridgehead atoms. The predicted octanol–water partition coefficient (Wildman–Crippen LogP) is -0.787. The van der Waals surface area contributed by atoms with E-state index in [1.54, 1.807) is 0 Å². The molecule has 0 amide bonds. The van der Waals surface area contributed by atoms with E-state index in [-0.39, 0.29) is 18.9 Å². The largest absolute Gasteiger partial charge is 1.00 e. The van der Waals surface area contributed by atoms with Crippen molar-refractivity contribution < 1.29 is 18.9 Å². The Hall–Kier alpha value is 0.0374. The van der Waals surface area contributed by atoms with Crippen LogP contribution in [-0.4, -0.2) is 0 Å². The molecule has 0 unspecified atom stereocenters. The van der Waals surface area contributed by atoms with E-state index in [0.29, 0.717) is 0 Å². The van der Waals surface area contributed by atoms with Crippen molar-refractivity contribution in [3.8, 4) is 0 Å². The fourth-order valence-corrected chi connectivity index (χ4v) is 0.926. The Morgan fingerprint density at radius 2 is 1.80 bits per heavy atom. The Balaban J connectivity index is 0.000000810. The molecule has 10 heavy (non-hydrogen) atoms. The fourth-order valence-electron chi connectivity index (χ4n) is 0.799. The fraction of sp³-hybridized carbons (Fsp3) is 0.250. The van der Waals surface area contributed by atoms with Gasteiger partial charge < -0.3 is 12.6 Å². The Bertz CT molecular complexity index is 220. The van der Waals surface area contributed by atoms with Gasteiger partial charge in [-0.3, -0.25) is 0 Å². The topological polar surface area (TPSA) is 0 Å². The molecule has 0 N–H and O–H groups in total. The van der Waals surface area contributed by atoms with Crippen LogP contribution in [0.1, 0.15) is 11.1 Å². The summed E-state index contributed by atoms with van der Waals surface area (Å²) in [5, 5.41) is 0. The molecule has 0 aliphatic carbocycles. The monoisotopic (exact) mass is 144 g/mol. The molecule has 0 heterocycles. The van der Waals surface area contributed by atoms with Crippen molar-refractivity contribution in [3.05, 3.63) is 29.3 Å². The minimum Gasteiger partial charge on any atom is -0.779 e. The third-order valence-electron chi connectivity index (χ3n) is 1.33. The van der Waals surface area contributed by atoms with Gasteiger partial charge in [-0.25, -0.2) is 0 Å². The SMILES string of the molecule is Cc1ccc([S-])c(C)c1.[Li+]. The van der Waals surface area contributed by atoms with Gasteiger partial charge in [0.05, 0.1) is 0 Å². The van der Waals surface area contributed by atoms with Gasteiger partial charge in [0.1, 0.15) is 0 Å². The zero-order chi connectivity index (χ0) is 6.85. The van der Waals surface area contributed by atoms with E-state index in [1.807, 2.05) is 19.1 Å². The van der Waals surface area contributed by atoms with Crippen LogP contribution in [0.25, 0.3) is 0 Å². The smallest absolute Gasteiger partial charge is 0.779 e. The van der Waals surface area contributed by atoms with Crippen LogP contribution >= 0.6 is 0 Å². The predicted molar refractivity (Wildman–Crippen MR) is 41.5 cm³/mol. The Labute approximate surface area is 79.6 Å². The Morgan fingerprint density at radius 3 is 2.20 bits per heavy atom. The molecular weight excluding hydrogens is 135 g/mol. The normalized spacial score (nSPS) is 8.60. The molecule has 1 aromatic rings. The van der Waals surface area contributed by atoms with Crippen LogP contribution in [0.3, 0.4) is 0 Å². The van der Waals surface area contributed by atoms with Crippen LogP contribution in [0.15, 0.2) is 23.1 Å². The first kappa shape index (κ1) is 10.0. The van der Waals surface area contributed by atoms with Gasteiger partial charge in [-0.1, -0.05) is 29.3 Å². The zero-order valence-corrected chi connectivity index (χ0v) is 7.46. The second kappa shape index (κ2) is 4.03. The van der Waals surface area contributed by atoms with Gasteiger partial charge in [-0.2, -0.15) is 4.90 Å². The van der Waals surface area contributed by atoms with Gasteiger partial charge in [0.15, 0.2) is 0 Å². The van der Waals surface area contributed by atoms with Gasteiger partial charge in [0.2, 0.25) is 0 Å². The molecule has 0 spiro atoms. The number of hydrogen-bond donors (Lipinski definition) is 0. The van der Waals surface area contributed by atoms with Crippen LogP contribution in [-0.2, 0) is 12.6 Å². The van der Waals surface area contributed by atoms with E-state index < -0.39 is 0 Å². The van der Waals surface area contributed by atoms with Crippen LogP contribution < -0.4 is 18.9 Å². The second-order valence-electron chi connectivity index (χ2n) is 2.27. The summed E-state index contributed by atoms with van der Waals surface area (Å²) in [5.74, 6) is 0. The molecule has 0 saturated carbocycles. The molecule has 0 nitrogen and oxygen atoms in total. The molecule has 1 rings (SSSR count). The van der Waals surface area contributed by atoms with Crippen molar-refractivity contribution in [3.63, 3.8) is 0 Å². The Morgan fingerprint density at radius 1 is 1.20 bits per heavy atom. The molecule has 1 aromatic carbocycles. The second-order valence-corrected chi connectivity index (χ2v) is 2.71. The maximum absolute atomic E-state index is 5.01. The number of hydrogen-bond acceptors (Lipinski definition) is 1. The minimum atomic E-state index is 0. The first-order chi connectivity index (χ1) is 4.20. The minimum absolute atomic E-state index is 0. The van der Waals surface area contributed by atoms with Crippen LogP contribution in [0, 0.1) is 13.8 Å². The third-order valence-corrected chi connectivity index (χ3v) is 1.79. The molecule has 0 aromatic heterocycles. The van der Waals surface area contributed by atoms with Gasteiger partial charge >= 0.3 is 18.9 Å². The van der Waals surface area contributed by atoms with Gasteiger partial charge in [0, 0.05) is 0 Å². The first-order valence-corrected chi connectivity index (χ1v) is 3.35. The van der Waals surface area contributed by atoms with Gasteiger partial charge in [-0.15, -0.1) is 0 Å². The number of aryl methyl sites for hydroxylation is 2. The van der Waals surface area contributed by atoms with E-state index in [2.05, 4.69) is 13.0 Å². The molecule has 2 heteroatoms. The van der Waals surface area contributed by atoms with Gasteiger partial charge in [-0.05, 0) is 13.8 Å². The van der Waals surface area contributed by atoms with Crippen LogP contribution in [0.5, 0.6) is 0 Å². The molecule has 48 valence electrons. The maximum atomic E-state index is 5.01. The molecular formula is C8H9LiS. The molecule has 0 aliphatic rings. The molecule has 0 atom stereocenters. The Kier molecular flexibility index (Phi) is 4.04. The van der Waals surface area contributed by atoms with E-state index >= 15 is 0 Å². The van der Waals surface area contributed by atoms with Crippen molar-refractivity contribution >= 4 is 12.6 Å².